The number of nitrogens with one attached hydrogen (secondary N) is 1. The van der Waals surface area contributed by atoms with Crippen molar-refractivity contribution >= 4 is 33.4 Å². The molecule has 4 N–H and O–H groups in total. The molecule has 0 aliphatic heterocycles. The Morgan fingerprint density at radius 2 is 1.83 bits per heavy atom. The Bertz CT molecular complexity index is 1240. The van der Waals surface area contributed by atoms with Gasteiger partial charge < -0.3 is 15.2 Å². The van der Waals surface area contributed by atoms with Crippen molar-refractivity contribution in [3.8, 4) is 0 Å². The van der Waals surface area contributed by atoms with Crippen molar-refractivity contribution in [1.82, 2.24) is 9.97 Å². The van der Waals surface area contributed by atoms with Crippen LogP contribution in [0.3, 0.4) is 0 Å². The van der Waals surface area contributed by atoms with Gasteiger partial charge in [-0.25, -0.2) is 14.6 Å². The number of hydrogen-bond acceptors (Lipinski definition) is 6. The van der Waals surface area contributed by atoms with Gasteiger partial charge in [0.05, 0.1) is 23.4 Å². The first kappa shape index (κ1) is 28.0. The van der Waals surface area contributed by atoms with E-state index in [1.54, 1.807) is 41.7 Å². The van der Waals surface area contributed by atoms with Gasteiger partial charge in [-0.2, -0.15) is 8.42 Å². The Balaban J connectivity index is 0.000000784. The van der Waals surface area contributed by atoms with Gasteiger partial charge in [-0.15, -0.1) is 11.3 Å². The summed E-state index contributed by atoms with van der Waals surface area (Å²) in [6.45, 7) is 2.12. The van der Waals surface area contributed by atoms with Crippen LogP contribution in [0.5, 0.6) is 0 Å². The summed E-state index contributed by atoms with van der Waals surface area (Å²) in [5, 5.41) is 20.2. The fourth-order valence-electron chi connectivity index (χ4n) is 3.27. The highest BCUT2D eigenvalue weighted by Crippen LogP contribution is 2.32. The van der Waals surface area contributed by atoms with E-state index in [0.29, 0.717) is 12.7 Å². The molecule has 11 heteroatoms. The van der Waals surface area contributed by atoms with Gasteiger partial charge >= 0.3 is 11.9 Å². The summed E-state index contributed by atoms with van der Waals surface area (Å²) in [6.07, 6.45) is 6.98. The first-order valence-electron chi connectivity index (χ1n) is 10.7. The van der Waals surface area contributed by atoms with Crippen LogP contribution in [0.1, 0.15) is 63.7 Å². The molecule has 0 saturated heterocycles. The van der Waals surface area contributed by atoms with E-state index in [1.165, 1.54) is 0 Å². The molecule has 0 bridgehead atoms. The van der Waals surface area contributed by atoms with Crippen molar-refractivity contribution in [1.29, 1.82) is 0 Å². The fraction of sp³-hybridized carbons (Fsp3) is 0.292. The number of allylic oxidation sites excluding steroid dienone is 1. The van der Waals surface area contributed by atoms with Crippen molar-refractivity contribution in [3.63, 3.8) is 0 Å². The number of unbranched alkanes of at least 4 members (excludes halogenated alkanes) is 1. The maximum absolute atomic E-state index is 11.2. The number of hydrogen-bond donors (Lipinski definition) is 4. The van der Waals surface area contributed by atoms with Crippen LogP contribution in [0.15, 0.2) is 53.9 Å². The standard InChI is InChI=1S/C23H24N2O4S.CH4O3S/c1-2-3-6-20-24-18(14-15-7-9-16(10-8-15)23(28)29)22(25-20)17(11-12-21(26)27)19-5-4-13-30-19;1-5(2,3)4/h4-5,7-13,17H,2-3,6,14H2,1H3,(H,24,25)(H,26,27)(H,28,29);1H3,(H,2,3,4). The van der Waals surface area contributed by atoms with Crippen LogP contribution >= 0.6 is 11.3 Å². The average molecular weight is 521 g/mol. The number of nitrogens with zero attached hydrogens (tertiary/aromatic N) is 1. The van der Waals surface area contributed by atoms with Gasteiger partial charge in [0, 0.05) is 29.5 Å². The van der Waals surface area contributed by atoms with E-state index in [0.717, 1.165) is 53.0 Å². The lowest BCUT2D eigenvalue weighted by Crippen LogP contribution is -2.03. The van der Waals surface area contributed by atoms with E-state index in [1.807, 2.05) is 17.5 Å². The second kappa shape index (κ2) is 13.0. The summed E-state index contributed by atoms with van der Waals surface area (Å²) in [5.41, 5.74) is 2.92. The van der Waals surface area contributed by atoms with E-state index in [9.17, 15) is 18.0 Å². The quantitative estimate of drug-likeness (QED) is 0.226. The number of carbonyl (C=O) groups is 2. The maximum Gasteiger partial charge on any atom is 0.335 e. The van der Waals surface area contributed by atoms with Gasteiger partial charge in [-0.1, -0.05) is 37.6 Å². The minimum Gasteiger partial charge on any atom is -0.478 e. The molecule has 9 nitrogen and oxygen atoms in total. The highest BCUT2D eigenvalue weighted by Gasteiger charge is 2.21. The summed E-state index contributed by atoms with van der Waals surface area (Å²) in [5.74, 6) is -1.33. The Hall–Kier alpha value is -3.28. The Morgan fingerprint density at radius 3 is 2.34 bits per heavy atom. The van der Waals surface area contributed by atoms with Crippen molar-refractivity contribution < 1.29 is 32.8 Å². The lowest BCUT2D eigenvalue weighted by molar-refractivity contribution is -0.131. The third kappa shape index (κ3) is 9.85. The Morgan fingerprint density at radius 1 is 1.17 bits per heavy atom. The molecule has 0 aliphatic carbocycles. The largest absolute Gasteiger partial charge is 0.478 e. The summed E-state index contributed by atoms with van der Waals surface area (Å²) in [4.78, 5) is 31.5. The second-order valence-corrected chi connectivity index (χ2v) is 10.2. The van der Waals surface area contributed by atoms with E-state index >= 15 is 0 Å². The summed E-state index contributed by atoms with van der Waals surface area (Å²) < 4.78 is 25.9. The first-order chi connectivity index (χ1) is 16.5. The van der Waals surface area contributed by atoms with Gasteiger partial charge in [0.15, 0.2) is 0 Å². The zero-order valence-electron chi connectivity index (χ0n) is 19.3. The van der Waals surface area contributed by atoms with E-state index in [2.05, 4.69) is 11.9 Å². The van der Waals surface area contributed by atoms with Crippen LogP contribution in [0.2, 0.25) is 0 Å². The zero-order chi connectivity index (χ0) is 26.0. The molecular formula is C24H28N2O7S2. The number of rotatable bonds is 10. The number of aromatic carboxylic acids is 1. The molecule has 3 rings (SSSR count). The SMILES string of the molecule is CCCCc1nc(C(C=CC(=O)O)c2cccs2)c(Cc2ccc(C(=O)O)cc2)[nH]1.CS(=O)(=O)O. The van der Waals surface area contributed by atoms with E-state index < -0.39 is 22.1 Å². The van der Waals surface area contributed by atoms with Gasteiger partial charge in [0.1, 0.15) is 5.82 Å². The first-order valence-corrected chi connectivity index (χ1v) is 13.5. The van der Waals surface area contributed by atoms with Crippen molar-refractivity contribution in [3.05, 3.63) is 87.1 Å². The van der Waals surface area contributed by atoms with Crippen molar-refractivity contribution in [2.24, 2.45) is 0 Å². The number of aromatic amines is 1. The molecule has 1 atom stereocenters. The number of thiophene rings is 1. The maximum atomic E-state index is 11.2. The Labute approximate surface area is 207 Å². The number of carboxylic acid groups (broad SMARTS) is 2. The third-order valence-corrected chi connectivity index (χ3v) is 5.74. The van der Waals surface area contributed by atoms with E-state index in [-0.39, 0.29) is 11.5 Å². The molecule has 0 spiro atoms. The third-order valence-electron chi connectivity index (χ3n) is 4.78. The van der Waals surface area contributed by atoms with Gasteiger partial charge in [0.25, 0.3) is 10.1 Å². The number of carboxylic acids is 2. The zero-order valence-corrected chi connectivity index (χ0v) is 21.0. The topological polar surface area (TPSA) is 158 Å². The second-order valence-electron chi connectivity index (χ2n) is 7.75. The van der Waals surface area contributed by atoms with Crippen LogP contribution in [-0.4, -0.2) is 51.3 Å². The summed E-state index contributed by atoms with van der Waals surface area (Å²) >= 11 is 1.56. The molecule has 2 heterocycles. The summed E-state index contributed by atoms with van der Waals surface area (Å²) in [6, 6.07) is 10.7. The van der Waals surface area contributed by atoms with Crippen molar-refractivity contribution in [2.45, 2.75) is 38.5 Å². The molecule has 0 amide bonds. The highest BCUT2D eigenvalue weighted by molar-refractivity contribution is 7.85. The van der Waals surface area contributed by atoms with Crippen LogP contribution in [-0.2, 0) is 27.8 Å². The van der Waals surface area contributed by atoms with Gasteiger partial charge in [0.2, 0.25) is 0 Å². The smallest absolute Gasteiger partial charge is 0.335 e. The molecule has 3 aromatic rings. The fourth-order valence-corrected chi connectivity index (χ4v) is 4.08. The van der Waals surface area contributed by atoms with Crippen molar-refractivity contribution in [2.75, 3.05) is 6.26 Å². The lowest BCUT2D eigenvalue weighted by atomic mass is 9.97. The number of aromatic nitrogens is 2. The molecule has 2 aromatic heterocycles. The molecular weight excluding hydrogens is 492 g/mol. The van der Waals surface area contributed by atoms with Gasteiger partial charge in [-0.3, -0.25) is 4.55 Å². The molecule has 0 aliphatic rings. The minimum absolute atomic E-state index is 0.244. The van der Waals surface area contributed by atoms with Crippen LogP contribution in [0.25, 0.3) is 0 Å². The van der Waals surface area contributed by atoms with E-state index in [4.69, 9.17) is 19.7 Å². The molecule has 1 aromatic carbocycles. The highest BCUT2D eigenvalue weighted by atomic mass is 32.2. The normalized spacial score (nSPS) is 12.2. The number of imidazole rings is 1. The molecule has 188 valence electrons. The van der Waals surface area contributed by atoms with Crippen LogP contribution in [0, 0.1) is 0 Å². The molecule has 35 heavy (non-hydrogen) atoms. The summed E-state index contributed by atoms with van der Waals surface area (Å²) in [7, 11) is -3.67. The van der Waals surface area contributed by atoms with Gasteiger partial charge in [-0.05, 0) is 35.6 Å². The Kier molecular flexibility index (Phi) is 10.4. The van der Waals surface area contributed by atoms with Crippen LogP contribution < -0.4 is 0 Å². The predicted octanol–water partition coefficient (Wildman–Crippen LogP) is 4.38. The number of aryl methyl sites for hydroxylation is 1. The lowest BCUT2D eigenvalue weighted by Gasteiger charge is -2.11. The number of aliphatic carboxylic acids is 1. The average Bonchev–Trinajstić information content (AvgIpc) is 3.42. The monoisotopic (exact) mass is 520 g/mol. The molecule has 0 saturated carbocycles. The minimum atomic E-state index is -3.67. The number of benzene rings is 1. The predicted molar refractivity (Wildman–Crippen MR) is 134 cm³/mol. The molecule has 1 unspecified atom stereocenters. The molecule has 0 fully saturated rings. The molecule has 0 radical (unpaired) electrons. The number of H-pyrrole nitrogens is 1. The van der Waals surface area contributed by atoms with Crippen LogP contribution in [0.4, 0.5) is 0 Å².